The molecule has 0 saturated carbocycles. The van der Waals surface area contributed by atoms with Crippen molar-refractivity contribution in [1.82, 2.24) is 0 Å². The second-order valence-electron chi connectivity index (χ2n) is 3.77. The van der Waals surface area contributed by atoms with Crippen molar-refractivity contribution >= 4 is 63.4 Å². The van der Waals surface area contributed by atoms with Crippen LogP contribution in [-0.2, 0) is 0 Å². The summed E-state index contributed by atoms with van der Waals surface area (Å²) in [7, 11) is 0. The summed E-state index contributed by atoms with van der Waals surface area (Å²) >= 11 is 19.3. The number of thiol groups is 1. The molecule has 0 aliphatic rings. The number of carbonyl (C=O) groups is 1. The average molecular weight is 377 g/mol. The third-order valence-electron chi connectivity index (χ3n) is 2.32. The van der Waals surface area contributed by atoms with Gasteiger partial charge in [0.2, 0.25) is 0 Å². The van der Waals surface area contributed by atoms with Gasteiger partial charge in [-0.25, -0.2) is 0 Å². The van der Waals surface area contributed by atoms with Crippen molar-refractivity contribution in [2.24, 2.45) is 0 Å². The molecule has 0 aromatic heterocycles. The number of carbonyl (C=O) groups excluding carboxylic acids is 1. The van der Waals surface area contributed by atoms with E-state index in [-0.39, 0.29) is 5.91 Å². The minimum Gasteiger partial charge on any atom is -0.322 e. The van der Waals surface area contributed by atoms with Gasteiger partial charge < -0.3 is 5.32 Å². The Hall–Kier alpha value is -0.680. The molecule has 1 N–H and O–H groups in total. The lowest BCUT2D eigenvalue weighted by Crippen LogP contribution is -2.12. The first-order valence-electron chi connectivity index (χ1n) is 5.21. The van der Waals surface area contributed by atoms with E-state index in [0.29, 0.717) is 26.2 Å². The molecule has 0 aliphatic carbocycles. The maximum absolute atomic E-state index is 12.1. The smallest absolute Gasteiger partial charge is 0.256 e. The zero-order chi connectivity index (χ0) is 14.0. The highest BCUT2D eigenvalue weighted by Crippen LogP contribution is 2.24. The van der Waals surface area contributed by atoms with E-state index < -0.39 is 0 Å². The van der Waals surface area contributed by atoms with Crippen LogP contribution in [0.5, 0.6) is 0 Å². The van der Waals surface area contributed by atoms with Gasteiger partial charge in [0.05, 0.1) is 5.56 Å². The molecule has 2 aromatic carbocycles. The molecule has 2 aromatic rings. The van der Waals surface area contributed by atoms with Crippen LogP contribution < -0.4 is 5.32 Å². The van der Waals surface area contributed by atoms with E-state index in [1.807, 2.05) is 0 Å². The van der Waals surface area contributed by atoms with Crippen molar-refractivity contribution < 1.29 is 4.79 Å². The van der Waals surface area contributed by atoms with E-state index in [2.05, 4.69) is 33.9 Å². The van der Waals surface area contributed by atoms with Crippen molar-refractivity contribution in [2.75, 3.05) is 5.32 Å². The van der Waals surface area contributed by atoms with Gasteiger partial charge in [-0.05, 0) is 36.4 Å². The highest BCUT2D eigenvalue weighted by molar-refractivity contribution is 9.10. The maximum Gasteiger partial charge on any atom is 0.256 e. The Morgan fingerprint density at radius 1 is 1.11 bits per heavy atom. The number of rotatable bonds is 2. The largest absolute Gasteiger partial charge is 0.322 e. The molecule has 1 amide bonds. The summed E-state index contributed by atoms with van der Waals surface area (Å²) in [5.74, 6) is -0.268. The van der Waals surface area contributed by atoms with Gasteiger partial charge in [-0.15, -0.1) is 12.6 Å². The molecule has 0 heterocycles. The van der Waals surface area contributed by atoms with Gasteiger partial charge >= 0.3 is 0 Å². The summed E-state index contributed by atoms with van der Waals surface area (Å²) in [6, 6.07) is 10.1. The number of hydrogen-bond donors (Lipinski definition) is 2. The van der Waals surface area contributed by atoms with Gasteiger partial charge in [-0.3, -0.25) is 4.79 Å². The quantitative estimate of drug-likeness (QED) is 0.684. The van der Waals surface area contributed by atoms with E-state index in [0.717, 1.165) is 4.47 Å². The first kappa shape index (κ1) is 14.7. The van der Waals surface area contributed by atoms with Gasteiger partial charge in [-0.1, -0.05) is 39.1 Å². The van der Waals surface area contributed by atoms with Crippen molar-refractivity contribution in [3.8, 4) is 0 Å². The molecule has 2 nitrogen and oxygen atoms in total. The van der Waals surface area contributed by atoms with Crippen LogP contribution in [-0.4, -0.2) is 5.91 Å². The van der Waals surface area contributed by atoms with Crippen LogP contribution >= 0.6 is 51.8 Å². The minimum atomic E-state index is -0.268. The zero-order valence-electron chi connectivity index (χ0n) is 9.45. The number of halogens is 3. The minimum absolute atomic E-state index is 0.268. The van der Waals surface area contributed by atoms with Crippen molar-refractivity contribution in [2.45, 2.75) is 4.90 Å². The molecule has 2 rings (SSSR count). The fourth-order valence-electron chi connectivity index (χ4n) is 1.52. The van der Waals surface area contributed by atoms with E-state index in [1.165, 1.54) is 0 Å². The number of nitrogens with one attached hydrogen (secondary N) is 1. The first-order chi connectivity index (χ1) is 8.95. The lowest BCUT2D eigenvalue weighted by Gasteiger charge is -2.08. The van der Waals surface area contributed by atoms with Crippen LogP contribution in [0.1, 0.15) is 10.4 Å². The van der Waals surface area contributed by atoms with Gasteiger partial charge in [-0.2, -0.15) is 0 Å². The Morgan fingerprint density at radius 2 is 1.74 bits per heavy atom. The van der Waals surface area contributed by atoms with Crippen molar-refractivity contribution in [3.63, 3.8) is 0 Å². The van der Waals surface area contributed by atoms with Gasteiger partial charge in [0.25, 0.3) is 5.91 Å². The average Bonchev–Trinajstić information content (AvgIpc) is 2.26. The van der Waals surface area contributed by atoms with Gasteiger partial charge in [0.15, 0.2) is 0 Å². The predicted octanol–water partition coefficient (Wildman–Crippen LogP) is 5.30. The third-order valence-corrected chi connectivity index (χ3v) is 3.62. The van der Waals surface area contributed by atoms with Crippen LogP contribution in [0.15, 0.2) is 45.8 Å². The first-order valence-corrected chi connectivity index (χ1v) is 7.21. The van der Waals surface area contributed by atoms with E-state index in [4.69, 9.17) is 23.2 Å². The second kappa shape index (κ2) is 6.18. The van der Waals surface area contributed by atoms with Crippen molar-refractivity contribution in [3.05, 3.63) is 56.5 Å². The molecular formula is C13H8BrCl2NOS. The van der Waals surface area contributed by atoms with E-state index >= 15 is 0 Å². The monoisotopic (exact) mass is 375 g/mol. The summed E-state index contributed by atoms with van der Waals surface area (Å²) in [5.41, 5.74) is 1.01. The summed E-state index contributed by atoms with van der Waals surface area (Å²) < 4.78 is 0.861. The molecule has 0 aliphatic heterocycles. The number of hydrogen-bond acceptors (Lipinski definition) is 2. The van der Waals surface area contributed by atoms with Gasteiger partial charge in [0.1, 0.15) is 0 Å². The Bertz CT molecular complexity index is 628. The fourth-order valence-corrected chi connectivity index (χ4v) is 2.90. The maximum atomic E-state index is 12.1. The van der Waals surface area contributed by atoms with E-state index in [1.54, 1.807) is 36.4 Å². The summed E-state index contributed by atoms with van der Waals surface area (Å²) in [6.45, 7) is 0. The predicted molar refractivity (Wildman–Crippen MR) is 85.8 cm³/mol. The molecule has 0 saturated heterocycles. The Morgan fingerprint density at radius 3 is 2.32 bits per heavy atom. The number of anilines is 1. The van der Waals surface area contributed by atoms with Crippen LogP contribution in [0, 0.1) is 0 Å². The molecule has 0 spiro atoms. The van der Waals surface area contributed by atoms with Crippen LogP contribution in [0.3, 0.4) is 0 Å². The van der Waals surface area contributed by atoms with Crippen LogP contribution in [0.2, 0.25) is 10.0 Å². The standard InChI is InChI=1S/C13H8BrCl2NOS/c14-7-1-2-11(12(19)3-7)13(18)17-10-5-8(15)4-9(16)6-10/h1-6,19H,(H,17,18). The summed E-state index contributed by atoms with van der Waals surface area (Å²) in [4.78, 5) is 12.7. The normalized spacial score (nSPS) is 10.3. The Balaban J connectivity index is 2.25. The SMILES string of the molecule is O=C(Nc1cc(Cl)cc(Cl)c1)c1ccc(Br)cc1S. The van der Waals surface area contributed by atoms with Gasteiger partial charge in [0, 0.05) is 25.1 Å². The molecule has 19 heavy (non-hydrogen) atoms. The molecule has 98 valence electrons. The Labute approximate surface area is 134 Å². The second-order valence-corrected chi connectivity index (χ2v) is 6.04. The lowest BCUT2D eigenvalue weighted by molar-refractivity contribution is 0.102. The molecule has 0 radical (unpaired) electrons. The van der Waals surface area contributed by atoms with Crippen LogP contribution in [0.25, 0.3) is 0 Å². The molecule has 6 heteroatoms. The van der Waals surface area contributed by atoms with Crippen LogP contribution in [0.4, 0.5) is 5.69 Å². The zero-order valence-corrected chi connectivity index (χ0v) is 13.4. The molecule has 0 unspecified atom stereocenters. The highest BCUT2D eigenvalue weighted by atomic mass is 79.9. The molecule has 0 atom stereocenters. The third kappa shape index (κ3) is 3.89. The van der Waals surface area contributed by atoms with E-state index in [9.17, 15) is 4.79 Å². The Kier molecular flexibility index (Phi) is 4.79. The highest BCUT2D eigenvalue weighted by Gasteiger charge is 2.10. The summed E-state index contributed by atoms with van der Waals surface area (Å²) in [6.07, 6.45) is 0. The lowest BCUT2D eigenvalue weighted by atomic mass is 10.2. The topological polar surface area (TPSA) is 29.1 Å². The number of benzene rings is 2. The molecule has 0 bridgehead atoms. The molecular weight excluding hydrogens is 369 g/mol. The fraction of sp³-hybridized carbons (Fsp3) is 0. The summed E-state index contributed by atoms with van der Waals surface area (Å²) in [5, 5.41) is 3.65. The van der Waals surface area contributed by atoms with Crippen molar-refractivity contribution in [1.29, 1.82) is 0 Å². The molecule has 0 fully saturated rings. The number of amides is 1.